The molecule has 0 spiro atoms. The van der Waals surface area contributed by atoms with E-state index in [-0.39, 0.29) is 18.1 Å². The lowest BCUT2D eigenvalue weighted by molar-refractivity contribution is -0.0124. The Morgan fingerprint density at radius 2 is 2.14 bits per heavy atom. The molecule has 0 aliphatic carbocycles. The number of ether oxygens (including phenoxy) is 3. The number of methoxy groups -OCH3 is 1. The van der Waals surface area contributed by atoms with E-state index in [1.807, 2.05) is 25.7 Å². The Morgan fingerprint density at radius 3 is 2.76 bits per heavy atom. The zero-order valence-corrected chi connectivity index (χ0v) is 13.1. The molecule has 1 aromatic rings. The molecule has 1 atom stereocenters. The molecule has 2 rings (SSSR count). The number of nitrogens with zero attached hydrogens (tertiary/aromatic N) is 1. The lowest BCUT2D eigenvalue weighted by Crippen LogP contribution is -2.44. The van der Waals surface area contributed by atoms with Crippen LogP contribution < -0.4 is 9.47 Å². The summed E-state index contributed by atoms with van der Waals surface area (Å²) in [5.41, 5.74) is 0.608. The van der Waals surface area contributed by atoms with Gasteiger partial charge in [0, 0.05) is 18.7 Å². The molecule has 1 amide bonds. The molecule has 1 heterocycles. The molecule has 5 heteroatoms. The number of amides is 1. The van der Waals surface area contributed by atoms with Crippen molar-refractivity contribution in [3.63, 3.8) is 0 Å². The average Bonchev–Trinajstić information content (AvgIpc) is 2.46. The fourth-order valence-corrected chi connectivity index (χ4v) is 2.34. The molecule has 1 aliphatic rings. The highest BCUT2D eigenvalue weighted by molar-refractivity contribution is 5.95. The number of hydrogen-bond acceptors (Lipinski definition) is 4. The smallest absolute Gasteiger partial charge is 0.254 e. The molecule has 0 bridgehead atoms. The second-order valence-corrected chi connectivity index (χ2v) is 5.46. The van der Waals surface area contributed by atoms with Crippen LogP contribution in [0.25, 0.3) is 0 Å². The Bertz CT molecular complexity index is 501. The molecule has 116 valence electrons. The molecular formula is C16H23NO4. The van der Waals surface area contributed by atoms with Gasteiger partial charge in [0.05, 0.1) is 25.9 Å². The SMILES string of the molecule is COc1cc(C(=O)N2CCOC(C)C2)ccc1OC(C)C. The zero-order valence-electron chi connectivity index (χ0n) is 13.1. The second kappa shape index (κ2) is 6.80. The van der Waals surface area contributed by atoms with E-state index in [0.717, 1.165) is 0 Å². The number of morpholine rings is 1. The molecule has 1 aliphatic heterocycles. The first-order valence-corrected chi connectivity index (χ1v) is 7.27. The molecular weight excluding hydrogens is 270 g/mol. The van der Waals surface area contributed by atoms with Crippen molar-refractivity contribution in [3.05, 3.63) is 23.8 Å². The van der Waals surface area contributed by atoms with Crippen molar-refractivity contribution < 1.29 is 19.0 Å². The van der Waals surface area contributed by atoms with E-state index in [1.165, 1.54) is 0 Å². The molecule has 0 N–H and O–H groups in total. The highest BCUT2D eigenvalue weighted by atomic mass is 16.5. The summed E-state index contributed by atoms with van der Waals surface area (Å²) in [6.07, 6.45) is 0.133. The number of benzene rings is 1. The number of hydrogen-bond donors (Lipinski definition) is 0. The van der Waals surface area contributed by atoms with Gasteiger partial charge in [-0.3, -0.25) is 4.79 Å². The zero-order chi connectivity index (χ0) is 15.4. The van der Waals surface area contributed by atoms with Crippen molar-refractivity contribution in [3.8, 4) is 11.5 Å². The van der Waals surface area contributed by atoms with Crippen molar-refractivity contribution in [1.82, 2.24) is 4.90 Å². The molecule has 21 heavy (non-hydrogen) atoms. The van der Waals surface area contributed by atoms with E-state index >= 15 is 0 Å². The maximum Gasteiger partial charge on any atom is 0.254 e. The second-order valence-electron chi connectivity index (χ2n) is 5.46. The first kappa shape index (κ1) is 15.6. The fourth-order valence-electron chi connectivity index (χ4n) is 2.34. The fraction of sp³-hybridized carbons (Fsp3) is 0.562. The van der Waals surface area contributed by atoms with Crippen molar-refractivity contribution in [1.29, 1.82) is 0 Å². The maximum atomic E-state index is 12.5. The van der Waals surface area contributed by atoms with E-state index in [4.69, 9.17) is 14.2 Å². The highest BCUT2D eigenvalue weighted by Crippen LogP contribution is 2.29. The number of carbonyl (C=O) groups excluding carboxylic acids is 1. The van der Waals surface area contributed by atoms with Gasteiger partial charge in [0.25, 0.3) is 5.91 Å². The predicted octanol–water partition coefficient (Wildman–Crippen LogP) is 2.34. The van der Waals surface area contributed by atoms with Gasteiger partial charge in [-0.05, 0) is 39.0 Å². The monoisotopic (exact) mass is 293 g/mol. The molecule has 0 saturated carbocycles. The average molecular weight is 293 g/mol. The molecule has 1 fully saturated rings. The summed E-state index contributed by atoms with van der Waals surface area (Å²) < 4.78 is 16.5. The Kier molecular flexibility index (Phi) is 5.07. The van der Waals surface area contributed by atoms with Gasteiger partial charge >= 0.3 is 0 Å². The first-order valence-electron chi connectivity index (χ1n) is 7.27. The van der Waals surface area contributed by atoms with Gasteiger partial charge in [-0.2, -0.15) is 0 Å². The van der Waals surface area contributed by atoms with Crippen molar-refractivity contribution in [2.24, 2.45) is 0 Å². The van der Waals surface area contributed by atoms with Gasteiger partial charge in [0.1, 0.15) is 0 Å². The van der Waals surface area contributed by atoms with Gasteiger partial charge in [-0.15, -0.1) is 0 Å². The van der Waals surface area contributed by atoms with Gasteiger partial charge in [0.15, 0.2) is 11.5 Å². The summed E-state index contributed by atoms with van der Waals surface area (Å²) in [7, 11) is 1.58. The molecule has 1 unspecified atom stereocenters. The van der Waals surface area contributed by atoms with Gasteiger partial charge < -0.3 is 19.1 Å². The Hall–Kier alpha value is -1.75. The molecule has 1 saturated heterocycles. The van der Waals surface area contributed by atoms with Crippen LogP contribution in [0.4, 0.5) is 0 Å². The third-order valence-corrected chi connectivity index (χ3v) is 3.30. The third-order valence-electron chi connectivity index (χ3n) is 3.30. The van der Waals surface area contributed by atoms with Crippen LogP contribution in [0.5, 0.6) is 11.5 Å². The van der Waals surface area contributed by atoms with Gasteiger partial charge in [0.2, 0.25) is 0 Å². The van der Waals surface area contributed by atoms with E-state index in [0.29, 0.717) is 36.8 Å². The van der Waals surface area contributed by atoms with Crippen LogP contribution in [0.2, 0.25) is 0 Å². The largest absolute Gasteiger partial charge is 0.493 e. The third kappa shape index (κ3) is 3.88. The summed E-state index contributed by atoms with van der Waals surface area (Å²) in [5.74, 6) is 1.23. The van der Waals surface area contributed by atoms with Crippen LogP contribution in [0.15, 0.2) is 18.2 Å². The van der Waals surface area contributed by atoms with Crippen LogP contribution in [0.3, 0.4) is 0 Å². The summed E-state index contributed by atoms with van der Waals surface area (Å²) in [5, 5.41) is 0. The van der Waals surface area contributed by atoms with E-state index in [1.54, 1.807) is 25.3 Å². The van der Waals surface area contributed by atoms with Crippen LogP contribution in [0, 0.1) is 0 Å². The van der Waals surface area contributed by atoms with Crippen molar-refractivity contribution >= 4 is 5.91 Å². The van der Waals surface area contributed by atoms with Crippen LogP contribution in [-0.4, -0.2) is 49.8 Å². The van der Waals surface area contributed by atoms with Crippen molar-refractivity contribution in [2.45, 2.75) is 33.0 Å². The Balaban J connectivity index is 2.17. The van der Waals surface area contributed by atoms with Crippen molar-refractivity contribution in [2.75, 3.05) is 26.8 Å². The summed E-state index contributed by atoms with van der Waals surface area (Å²) in [4.78, 5) is 14.3. The normalized spacial score (nSPS) is 18.7. The van der Waals surface area contributed by atoms with Crippen LogP contribution >= 0.6 is 0 Å². The van der Waals surface area contributed by atoms with E-state index in [2.05, 4.69) is 0 Å². The summed E-state index contributed by atoms with van der Waals surface area (Å²) >= 11 is 0. The number of rotatable bonds is 4. The Labute approximate surface area is 125 Å². The van der Waals surface area contributed by atoms with E-state index < -0.39 is 0 Å². The molecule has 1 aromatic carbocycles. The summed E-state index contributed by atoms with van der Waals surface area (Å²) in [6.45, 7) is 7.70. The van der Waals surface area contributed by atoms with Crippen LogP contribution in [0.1, 0.15) is 31.1 Å². The molecule has 0 radical (unpaired) electrons. The lowest BCUT2D eigenvalue weighted by Gasteiger charge is -2.31. The lowest BCUT2D eigenvalue weighted by atomic mass is 10.1. The molecule has 5 nitrogen and oxygen atoms in total. The minimum Gasteiger partial charge on any atom is -0.493 e. The first-order chi connectivity index (χ1) is 10.0. The highest BCUT2D eigenvalue weighted by Gasteiger charge is 2.23. The molecule has 0 aromatic heterocycles. The van der Waals surface area contributed by atoms with Gasteiger partial charge in [-0.1, -0.05) is 0 Å². The Morgan fingerprint density at radius 1 is 1.38 bits per heavy atom. The van der Waals surface area contributed by atoms with Crippen LogP contribution in [-0.2, 0) is 4.74 Å². The number of carbonyl (C=O) groups is 1. The summed E-state index contributed by atoms with van der Waals surface area (Å²) in [6, 6.07) is 5.30. The standard InChI is InChI=1S/C16H23NO4/c1-11(2)21-14-6-5-13(9-15(14)19-4)16(18)17-7-8-20-12(3)10-17/h5-6,9,11-12H,7-8,10H2,1-4H3. The van der Waals surface area contributed by atoms with Gasteiger partial charge in [-0.25, -0.2) is 0 Å². The minimum atomic E-state index is -0.000420. The minimum absolute atomic E-state index is 0.000420. The van der Waals surface area contributed by atoms with E-state index in [9.17, 15) is 4.79 Å². The quantitative estimate of drug-likeness (QED) is 0.855. The maximum absolute atomic E-state index is 12.5. The topological polar surface area (TPSA) is 48.0 Å². The predicted molar refractivity (Wildman–Crippen MR) is 80.1 cm³/mol.